The van der Waals surface area contributed by atoms with Gasteiger partial charge in [0.25, 0.3) is 0 Å². The van der Waals surface area contributed by atoms with Crippen molar-refractivity contribution in [2.45, 2.75) is 0 Å². The fraction of sp³-hybridized carbons (Fsp3) is 0. The molecule has 0 aliphatic heterocycles. The van der Waals surface area contributed by atoms with Gasteiger partial charge in [0.2, 0.25) is 0 Å². The third kappa shape index (κ3) is 2.12. The maximum Gasteiger partial charge on any atom is 0.137 e. The van der Waals surface area contributed by atoms with Crippen LogP contribution in [0.5, 0.6) is 0 Å². The monoisotopic (exact) mass is 259 g/mol. The van der Waals surface area contributed by atoms with Crippen LogP contribution in [0.4, 0.5) is 0 Å². The van der Waals surface area contributed by atoms with Crippen molar-refractivity contribution in [1.82, 2.24) is 6.15 Å². The molecule has 0 unspecified atom stereocenters. The summed E-state index contributed by atoms with van der Waals surface area (Å²) in [4.78, 5) is 0. The maximum absolute atomic E-state index is 8.95. The van der Waals surface area contributed by atoms with Crippen LogP contribution in [0.25, 0.3) is 16.6 Å². The van der Waals surface area contributed by atoms with Crippen molar-refractivity contribution >= 4 is 17.0 Å². The zero-order chi connectivity index (χ0) is 13.8. The number of nitrogens with zero attached hydrogens (tertiary/aromatic N) is 4. The highest BCUT2D eigenvalue weighted by molar-refractivity contribution is 6.07. The smallest absolute Gasteiger partial charge is 0.137 e. The van der Waals surface area contributed by atoms with Gasteiger partial charge in [0.15, 0.2) is 0 Å². The molecule has 20 heavy (non-hydrogen) atoms. The lowest BCUT2D eigenvalue weighted by Crippen LogP contribution is -1.87. The van der Waals surface area contributed by atoms with Crippen LogP contribution in [0.15, 0.2) is 41.5 Å². The van der Waals surface area contributed by atoms with E-state index in [2.05, 4.69) is 0 Å². The lowest BCUT2D eigenvalue weighted by atomic mass is 9.99. The van der Waals surface area contributed by atoms with Crippen molar-refractivity contribution in [3.8, 4) is 18.2 Å². The highest BCUT2D eigenvalue weighted by atomic mass is 14.4. The number of quaternary nitrogens is 1. The molecule has 5 nitrogen and oxygen atoms in total. The van der Waals surface area contributed by atoms with Crippen molar-refractivity contribution in [3.63, 3.8) is 0 Å². The molecule has 1 aromatic carbocycles. The lowest BCUT2D eigenvalue weighted by Gasteiger charge is -2.03. The topological polar surface area (TPSA) is 130 Å². The standard InChI is InChI=1S/C15H5N4.H3N/c16-6-10(7-17)14-5-15(11(8-18)9-19)13-4-2-1-3-12(13)14;/h1-5H;1H3/q-1;/p+1. The molecule has 4 N–H and O–H groups in total. The highest BCUT2D eigenvalue weighted by Gasteiger charge is 2.22. The number of nitriles is 3. The summed E-state index contributed by atoms with van der Waals surface area (Å²) in [7, 11) is 0. The zero-order valence-electron chi connectivity index (χ0n) is 10.7. The summed E-state index contributed by atoms with van der Waals surface area (Å²) >= 11 is 0. The van der Waals surface area contributed by atoms with Gasteiger partial charge < -0.3 is 11.6 Å². The van der Waals surface area contributed by atoms with Crippen molar-refractivity contribution in [1.29, 1.82) is 15.8 Å². The summed E-state index contributed by atoms with van der Waals surface area (Å²) in [5, 5.41) is 35.8. The van der Waals surface area contributed by atoms with Gasteiger partial charge in [-0.15, -0.1) is 0 Å². The molecule has 1 aliphatic rings. The van der Waals surface area contributed by atoms with Crippen LogP contribution >= 0.6 is 0 Å². The van der Waals surface area contributed by atoms with E-state index in [9.17, 15) is 0 Å². The summed E-state index contributed by atoms with van der Waals surface area (Å²) in [5.74, 6) is 1.83. The summed E-state index contributed by atoms with van der Waals surface area (Å²) in [6.07, 6.45) is 1.55. The zero-order valence-corrected chi connectivity index (χ0v) is 10.7. The Morgan fingerprint density at radius 2 is 1.55 bits per heavy atom. The first-order valence-electron chi connectivity index (χ1n) is 5.30. The Kier molecular flexibility index (Phi) is 4.36. The molecule has 0 saturated carbocycles. The van der Waals surface area contributed by atoms with Crippen molar-refractivity contribution in [3.05, 3.63) is 58.0 Å². The van der Waals surface area contributed by atoms with E-state index in [1.807, 2.05) is 24.1 Å². The lowest BCUT2D eigenvalue weighted by molar-refractivity contribution is 1.46. The van der Waals surface area contributed by atoms with Crippen LogP contribution in [0.1, 0.15) is 11.1 Å². The van der Waals surface area contributed by atoms with Crippen LogP contribution in [0, 0.1) is 34.0 Å². The molecule has 0 amide bonds. The Morgan fingerprint density at radius 1 is 0.950 bits per heavy atom. The van der Waals surface area contributed by atoms with Gasteiger partial charge in [0.1, 0.15) is 23.8 Å². The average molecular weight is 259 g/mol. The summed E-state index contributed by atoms with van der Waals surface area (Å²) in [6.45, 7) is 0. The number of allylic oxidation sites excluding steroid dienone is 5. The first-order valence-corrected chi connectivity index (χ1v) is 5.30. The van der Waals surface area contributed by atoms with E-state index in [0.29, 0.717) is 22.3 Å². The van der Waals surface area contributed by atoms with Gasteiger partial charge >= 0.3 is 0 Å². The minimum absolute atomic E-state index is 0. The normalized spacial score (nSPS) is 10.7. The Morgan fingerprint density at radius 3 is 2.05 bits per heavy atom. The van der Waals surface area contributed by atoms with Gasteiger partial charge in [-0.2, -0.15) is 15.8 Å². The van der Waals surface area contributed by atoms with Crippen molar-refractivity contribution in [2.75, 3.05) is 0 Å². The molecule has 0 saturated heterocycles. The second kappa shape index (κ2) is 5.96. The number of fused-ring (bicyclic) bond motifs is 1. The Bertz CT molecular complexity index is 784. The number of hydrogen-bond acceptors (Lipinski definition) is 3. The Labute approximate surface area is 116 Å². The van der Waals surface area contributed by atoms with E-state index in [-0.39, 0.29) is 17.3 Å². The predicted molar refractivity (Wildman–Crippen MR) is 76.0 cm³/mol. The van der Waals surface area contributed by atoms with E-state index >= 15 is 0 Å². The number of hydrogen-bond donors (Lipinski definition) is 1. The van der Waals surface area contributed by atoms with E-state index in [1.165, 1.54) is 0 Å². The van der Waals surface area contributed by atoms with E-state index in [1.54, 1.807) is 30.3 Å². The Hall–Kier alpha value is -3.42. The molecule has 2 rings (SSSR count). The first kappa shape index (κ1) is 14.6. The molecule has 5 heteroatoms. The molecule has 0 heterocycles. The second-order valence-corrected chi connectivity index (χ2v) is 3.71. The minimum Gasteiger partial charge on any atom is -0.762 e. The number of rotatable bonds is 1. The molecule has 94 valence electrons. The molecule has 0 aromatic heterocycles. The van der Waals surface area contributed by atoms with Gasteiger partial charge in [-0.25, -0.2) is 5.87 Å². The molecule has 0 bridgehead atoms. The van der Waals surface area contributed by atoms with Crippen LogP contribution < -0.4 is 6.15 Å². The van der Waals surface area contributed by atoms with E-state index in [0.717, 1.165) is 0 Å². The quantitative estimate of drug-likeness (QED) is 0.614. The van der Waals surface area contributed by atoms with Crippen LogP contribution in [0.2, 0.25) is 0 Å². The first-order chi connectivity index (χ1) is 9.26. The van der Waals surface area contributed by atoms with Crippen LogP contribution in [0.3, 0.4) is 0 Å². The van der Waals surface area contributed by atoms with Gasteiger partial charge in [0, 0.05) is 11.1 Å². The number of benzene rings is 1. The van der Waals surface area contributed by atoms with Gasteiger partial charge in [-0.05, 0) is 17.2 Å². The fourth-order valence-electron chi connectivity index (χ4n) is 1.96. The molecule has 0 radical (unpaired) electrons. The largest absolute Gasteiger partial charge is 0.762 e. The van der Waals surface area contributed by atoms with Gasteiger partial charge in [-0.1, -0.05) is 24.3 Å². The maximum atomic E-state index is 8.95. The Balaban J connectivity index is 0.00000200. The summed E-state index contributed by atoms with van der Waals surface area (Å²) < 4.78 is 0. The minimum atomic E-state index is -0.0299. The molecule has 0 spiro atoms. The summed E-state index contributed by atoms with van der Waals surface area (Å²) in [5.41, 5.74) is 2.24. The SMILES string of the molecule is N#CC(=C=[N-])C1=CC(=C(C#N)C#N)c2ccccc21.[NH4+]. The second-order valence-electron chi connectivity index (χ2n) is 3.71. The van der Waals surface area contributed by atoms with Crippen LogP contribution in [-0.2, 0) is 0 Å². The van der Waals surface area contributed by atoms with Crippen LogP contribution in [-0.4, -0.2) is 5.87 Å². The van der Waals surface area contributed by atoms with Gasteiger partial charge in [0.05, 0.1) is 5.57 Å². The third-order valence-corrected chi connectivity index (χ3v) is 2.78. The summed E-state index contributed by atoms with van der Waals surface area (Å²) in [6, 6.07) is 12.6. The van der Waals surface area contributed by atoms with E-state index < -0.39 is 0 Å². The third-order valence-electron chi connectivity index (χ3n) is 2.78. The fourth-order valence-corrected chi connectivity index (χ4v) is 1.96. The molecular weight excluding hydrogens is 250 g/mol. The highest BCUT2D eigenvalue weighted by Crippen LogP contribution is 2.39. The predicted octanol–water partition coefficient (Wildman–Crippen LogP) is 2.95. The van der Waals surface area contributed by atoms with Crippen molar-refractivity contribution < 1.29 is 0 Å². The molecular formula is C15H9N5. The molecule has 1 aromatic rings. The van der Waals surface area contributed by atoms with Gasteiger partial charge in [-0.3, -0.25) is 0 Å². The average Bonchev–Trinajstić information content (AvgIpc) is 2.82. The molecule has 1 aliphatic carbocycles. The molecule has 0 fully saturated rings. The molecule has 0 atom stereocenters. The van der Waals surface area contributed by atoms with E-state index in [4.69, 9.17) is 21.2 Å². The van der Waals surface area contributed by atoms with Crippen molar-refractivity contribution in [2.24, 2.45) is 0 Å².